The van der Waals surface area contributed by atoms with Crippen LogP contribution >= 0.6 is 0 Å². The molecule has 1 aromatic rings. The van der Waals surface area contributed by atoms with Crippen molar-refractivity contribution in [2.75, 3.05) is 34.2 Å². The minimum atomic E-state index is 0.232. The lowest BCUT2D eigenvalue weighted by Gasteiger charge is -2.27. The summed E-state index contributed by atoms with van der Waals surface area (Å²) in [5.41, 5.74) is 2.09. The first-order chi connectivity index (χ1) is 7.91. The minimum absolute atomic E-state index is 0.232. The number of aromatic hydroxyl groups is 1. The van der Waals surface area contributed by atoms with E-state index in [2.05, 4.69) is 37.9 Å². The van der Waals surface area contributed by atoms with Crippen molar-refractivity contribution in [2.45, 2.75) is 19.9 Å². The number of rotatable bonds is 5. The van der Waals surface area contributed by atoms with Gasteiger partial charge >= 0.3 is 0 Å². The first-order valence-electron chi connectivity index (χ1n) is 6.06. The van der Waals surface area contributed by atoms with Gasteiger partial charge in [-0.15, -0.1) is 0 Å². The van der Waals surface area contributed by atoms with Crippen molar-refractivity contribution in [1.29, 1.82) is 0 Å². The average Bonchev–Trinajstić information content (AvgIpc) is 2.25. The SMILES string of the molecule is Cc1ccc(C(C)N(C)CCN(C)C)c(O)c1. The van der Waals surface area contributed by atoms with E-state index >= 15 is 0 Å². The van der Waals surface area contributed by atoms with Crippen LogP contribution in [0.15, 0.2) is 18.2 Å². The summed E-state index contributed by atoms with van der Waals surface area (Å²) >= 11 is 0. The summed E-state index contributed by atoms with van der Waals surface area (Å²) in [6.07, 6.45) is 0. The summed E-state index contributed by atoms with van der Waals surface area (Å²) in [6.45, 7) is 6.12. The van der Waals surface area contributed by atoms with Crippen LogP contribution in [0.25, 0.3) is 0 Å². The molecule has 0 saturated heterocycles. The number of aryl methyl sites for hydroxylation is 1. The maximum absolute atomic E-state index is 9.95. The van der Waals surface area contributed by atoms with E-state index < -0.39 is 0 Å². The summed E-state index contributed by atoms with van der Waals surface area (Å²) in [4.78, 5) is 4.42. The molecule has 3 nitrogen and oxygen atoms in total. The summed E-state index contributed by atoms with van der Waals surface area (Å²) < 4.78 is 0. The number of phenols is 1. The summed E-state index contributed by atoms with van der Waals surface area (Å²) in [5, 5.41) is 9.95. The Morgan fingerprint density at radius 1 is 1.18 bits per heavy atom. The molecule has 1 aromatic carbocycles. The fourth-order valence-electron chi connectivity index (χ4n) is 1.80. The second-order valence-electron chi connectivity index (χ2n) is 5.02. The van der Waals surface area contributed by atoms with Gasteiger partial charge in [-0.05, 0) is 46.6 Å². The highest BCUT2D eigenvalue weighted by Gasteiger charge is 2.15. The molecule has 0 heterocycles. The van der Waals surface area contributed by atoms with E-state index in [4.69, 9.17) is 0 Å². The van der Waals surface area contributed by atoms with Gasteiger partial charge in [0.25, 0.3) is 0 Å². The van der Waals surface area contributed by atoms with Crippen LogP contribution in [-0.4, -0.2) is 49.1 Å². The van der Waals surface area contributed by atoms with E-state index in [0.29, 0.717) is 5.75 Å². The van der Waals surface area contributed by atoms with Crippen LogP contribution in [0.4, 0.5) is 0 Å². The third-order valence-electron chi connectivity index (χ3n) is 3.20. The molecule has 1 rings (SSSR count). The molecule has 1 N–H and O–H groups in total. The fraction of sp³-hybridized carbons (Fsp3) is 0.571. The molecule has 17 heavy (non-hydrogen) atoms. The Balaban J connectivity index is 2.71. The molecule has 0 spiro atoms. The molecule has 0 aliphatic rings. The van der Waals surface area contributed by atoms with Crippen LogP contribution in [0, 0.1) is 6.92 Å². The van der Waals surface area contributed by atoms with Gasteiger partial charge in [0.05, 0.1) is 0 Å². The maximum Gasteiger partial charge on any atom is 0.120 e. The van der Waals surface area contributed by atoms with E-state index in [0.717, 1.165) is 24.2 Å². The fourth-order valence-corrected chi connectivity index (χ4v) is 1.80. The Labute approximate surface area is 105 Å². The quantitative estimate of drug-likeness (QED) is 0.849. The minimum Gasteiger partial charge on any atom is -0.508 e. The van der Waals surface area contributed by atoms with Crippen LogP contribution < -0.4 is 0 Å². The molecule has 0 aromatic heterocycles. The normalized spacial score (nSPS) is 13.4. The van der Waals surface area contributed by atoms with Gasteiger partial charge in [-0.3, -0.25) is 4.90 Å². The van der Waals surface area contributed by atoms with Gasteiger partial charge in [-0.25, -0.2) is 0 Å². The van der Waals surface area contributed by atoms with Crippen LogP contribution in [0.5, 0.6) is 5.75 Å². The smallest absolute Gasteiger partial charge is 0.120 e. The molecule has 0 radical (unpaired) electrons. The number of likely N-dealkylation sites (N-methyl/N-ethyl adjacent to an activating group) is 2. The van der Waals surface area contributed by atoms with Crippen molar-refractivity contribution in [1.82, 2.24) is 9.80 Å². The third kappa shape index (κ3) is 4.02. The van der Waals surface area contributed by atoms with Crippen LogP contribution in [0.3, 0.4) is 0 Å². The Bertz CT molecular complexity index is 363. The summed E-state index contributed by atoms with van der Waals surface area (Å²) in [7, 11) is 6.23. The van der Waals surface area contributed by atoms with E-state index in [1.807, 2.05) is 25.1 Å². The number of nitrogens with zero attached hydrogens (tertiary/aromatic N) is 2. The first-order valence-corrected chi connectivity index (χ1v) is 6.06. The van der Waals surface area contributed by atoms with Crippen molar-refractivity contribution in [3.8, 4) is 5.75 Å². The van der Waals surface area contributed by atoms with Crippen molar-refractivity contribution in [2.24, 2.45) is 0 Å². The van der Waals surface area contributed by atoms with Gasteiger partial charge < -0.3 is 10.0 Å². The zero-order chi connectivity index (χ0) is 13.0. The second kappa shape index (κ2) is 6.03. The van der Waals surface area contributed by atoms with Crippen LogP contribution in [0.2, 0.25) is 0 Å². The topological polar surface area (TPSA) is 26.7 Å². The summed E-state index contributed by atoms with van der Waals surface area (Å²) in [5.74, 6) is 0.397. The van der Waals surface area contributed by atoms with Gasteiger partial charge in [-0.1, -0.05) is 12.1 Å². The monoisotopic (exact) mass is 236 g/mol. The predicted molar refractivity (Wildman–Crippen MR) is 72.4 cm³/mol. The first kappa shape index (κ1) is 14.0. The Morgan fingerprint density at radius 3 is 2.35 bits per heavy atom. The van der Waals surface area contributed by atoms with E-state index in [9.17, 15) is 5.11 Å². The molecule has 1 atom stereocenters. The van der Waals surface area contributed by atoms with E-state index in [1.165, 1.54) is 0 Å². The van der Waals surface area contributed by atoms with Crippen molar-refractivity contribution < 1.29 is 5.11 Å². The lowest BCUT2D eigenvalue weighted by atomic mass is 10.0. The zero-order valence-corrected chi connectivity index (χ0v) is 11.6. The number of benzene rings is 1. The number of phenolic OH excluding ortho intramolecular Hbond substituents is 1. The Hall–Kier alpha value is -1.06. The van der Waals surface area contributed by atoms with Gasteiger partial charge in [-0.2, -0.15) is 0 Å². The molecular formula is C14H24N2O. The molecule has 96 valence electrons. The van der Waals surface area contributed by atoms with Crippen molar-refractivity contribution in [3.63, 3.8) is 0 Å². The molecule has 0 bridgehead atoms. The van der Waals surface area contributed by atoms with E-state index in [-0.39, 0.29) is 6.04 Å². The predicted octanol–water partition coefficient (Wildman–Crippen LogP) is 2.26. The van der Waals surface area contributed by atoms with Crippen molar-refractivity contribution in [3.05, 3.63) is 29.3 Å². The molecular weight excluding hydrogens is 212 g/mol. The van der Waals surface area contributed by atoms with Gasteiger partial charge in [0.1, 0.15) is 5.75 Å². The standard InChI is InChI=1S/C14H24N2O/c1-11-6-7-13(14(17)10-11)12(2)16(5)9-8-15(3)4/h6-7,10,12,17H,8-9H2,1-5H3. The van der Waals surface area contributed by atoms with Crippen LogP contribution in [-0.2, 0) is 0 Å². The molecule has 0 saturated carbocycles. The molecule has 3 heteroatoms. The zero-order valence-electron chi connectivity index (χ0n) is 11.6. The average molecular weight is 236 g/mol. The largest absolute Gasteiger partial charge is 0.508 e. The number of hydrogen-bond donors (Lipinski definition) is 1. The highest BCUT2D eigenvalue weighted by Crippen LogP contribution is 2.28. The third-order valence-corrected chi connectivity index (χ3v) is 3.20. The highest BCUT2D eigenvalue weighted by atomic mass is 16.3. The van der Waals surface area contributed by atoms with Crippen molar-refractivity contribution >= 4 is 0 Å². The van der Waals surface area contributed by atoms with Gasteiger partial charge in [0.15, 0.2) is 0 Å². The molecule has 0 aliphatic carbocycles. The maximum atomic E-state index is 9.95. The molecule has 1 unspecified atom stereocenters. The van der Waals surface area contributed by atoms with Crippen LogP contribution in [0.1, 0.15) is 24.1 Å². The second-order valence-corrected chi connectivity index (χ2v) is 5.02. The van der Waals surface area contributed by atoms with E-state index in [1.54, 1.807) is 0 Å². The Kier molecular flexibility index (Phi) is 4.97. The molecule has 0 aliphatic heterocycles. The molecule has 0 fully saturated rings. The highest BCUT2D eigenvalue weighted by molar-refractivity contribution is 5.37. The number of hydrogen-bond acceptors (Lipinski definition) is 3. The Morgan fingerprint density at radius 2 is 1.82 bits per heavy atom. The summed E-state index contributed by atoms with van der Waals surface area (Å²) in [6, 6.07) is 6.12. The lowest BCUT2D eigenvalue weighted by Crippen LogP contribution is -2.30. The molecule has 0 amide bonds. The van der Waals surface area contributed by atoms with Gasteiger partial charge in [0, 0.05) is 24.7 Å². The van der Waals surface area contributed by atoms with Gasteiger partial charge in [0.2, 0.25) is 0 Å². The lowest BCUT2D eigenvalue weighted by molar-refractivity contribution is 0.228.